The topological polar surface area (TPSA) is 88.1 Å². The summed E-state index contributed by atoms with van der Waals surface area (Å²) in [7, 11) is 1.15. The van der Waals surface area contributed by atoms with E-state index < -0.39 is 23.9 Å². The highest BCUT2D eigenvalue weighted by atomic mass is 19.4. The zero-order chi connectivity index (χ0) is 25.4. The van der Waals surface area contributed by atoms with Crippen LogP contribution in [0.25, 0.3) is 23.1 Å². The molecule has 0 aliphatic rings. The summed E-state index contributed by atoms with van der Waals surface area (Å²) in [6.07, 6.45) is -9.41. The summed E-state index contributed by atoms with van der Waals surface area (Å²) < 4.78 is 91.9. The second-order valence-electron chi connectivity index (χ2n) is 7.17. The smallest absolute Gasteiger partial charge is 0.496 e. The Morgan fingerprint density at radius 2 is 1.66 bits per heavy atom. The molecule has 2 heterocycles. The molecule has 0 fully saturated rings. The summed E-state index contributed by atoms with van der Waals surface area (Å²) in [6.45, 7) is 1.58. The number of benzene rings is 2. The fraction of sp³-hybridized carbons (Fsp3) is 0.238. The van der Waals surface area contributed by atoms with Gasteiger partial charge in [0.15, 0.2) is 0 Å². The van der Waals surface area contributed by atoms with Crippen molar-refractivity contribution in [2.45, 2.75) is 26.0 Å². The highest BCUT2D eigenvalue weighted by molar-refractivity contribution is 5.57. The van der Waals surface area contributed by atoms with Crippen LogP contribution in [-0.4, -0.2) is 38.4 Å². The number of ether oxygens (including phenoxy) is 2. The number of hydrogen-bond donors (Lipinski definition) is 0. The Hall–Kier alpha value is -4.10. The predicted octanol–water partition coefficient (Wildman–Crippen LogP) is 5.28. The number of nitrogens with zero attached hydrogens (tertiary/aromatic N) is 5. The monoisotopic (exact) mass is 499 g/mol. The summed E-state index contributed by atoms with van der Waals surface area (Å²) in [5, 5.41) is 7.99. The van der Waals surface area contributed by atoms with Crippen LogP contribution in [0.2, 0.25) is 0 Å². The Balaban J connectivity index is 1.54. The molecule has 0 radical (unpaired) electrons. The third-order valence-corrected chi connectivity index (χ3v) is 4.72. The molecule has 0 amide bonds. The van der Waals surface area contributed by atoms with Gasteiger partial charge in [-0.25, -0.2) is 9.67 Å². The van der Waals surface area contributed by atoms with Gasteiger partial charge in [0.05, 0.1) is 19.2 Å². The fourth-order valence-corrected chi connectivity index (χ4v) is 3.15. The van der Waals surface area contributed by atoms with Crippen LogP contribution in [0.4, 0.5) is 26.3 Å². The van der Waals surface area contributed by atoms with Crippen LogP contribution >= 0.6 is 0 Å². The van der Waals surface area contributed by atoms with Crippen molar-refractivity contribution in [2.75, 3.05) is 7.11 Å². The SMILES string of the molecule is COc1ccc(Cn2nc(-c3nc(-c4ccc(OC(F)(F)F)cc4)no3)nc2C)cc1C(F)(F)F. The molecule has 184 valence electrons. The van der Waals surface area contributed by atoms with Crippen LogP contribution in [0.3, 0.4) is 0 Å². The van der Waals surface area contributed by atoms with Gasteiger partial charge in [0.2, 0.25) is 11.6 Å². The summed E-state index contributed by atoms with van der Waals surface area (Å²) in [5.74, 6) is -0.316. The van der Waals surface area contributed by atoms with Crippen LogP contribution in [-0.2, 0) is 12.7 Å². The number of methoxy groups -OCH3 is 1. The van der Waals surface area contributed by atoms with Crippen LogP contribution < -0.4 is 9.47 Å². The van der Waals surface area contributed by atoms with Crippen molar-refractivity contribution in [1.82, 2.24) is 24.9 Å². The van der Waals surface area contributed by atoms with Gasteiger partial charge < -0.3 is 14.0 Å². The lowest BCUT2D eigenvalue weighted by molar-refractivity contribution is -0.274. The third-order valence-electron chi connectivity index (χ3n) is 4.72. The first-order valence-electron chi connectivity index (χ1n) is 9.79. The molecule has 0 aliphatic carbocycles. The van der Waals surface area contributed by atoms with Crippen molar-refractivity contribution in [2.24, 2.45) is 0 Å². The summed E-state index contributed by atoms with van der Waals surface area (Å²) in [6, 6.07) is 8.49. The zero-order valence-corrected chi connectivity index (χ0v) is 18.0. The van der Waals surface area contributed by atoms with Crippen molar-refractivity contribution >= 4 is 0 Å². The molecule has 0 saturated heterocycles. The Bertz CT molecular complexity index is 1330. The minimum atomic E-state index is -4.82. The van der Waals surface area contributed by atoms with E-state index in [9.17, 15) is 26.3 Å². The number of halogens is 6. The van der Waals surface area contributed by atoms with Gasteiger partial charge in [-0.1, -0.05) is 11.2 Å². The van der Waals surface area contributed by atoms with Gasteiger partial charge in [-0.15, -0.1) is 18.3 Å². The second kappa shape index (κ2) is 8.92. The normalized spacial score (nSPS) is 12.1. The minimum Gasteiger partial charge on any atom is -0.496 e. The first kappa shape index (κ1) is 24.0. The molecule has 0 saturated carbocycles. The average Bonchev–Trinajstić information content (AvgIpc) is 3.40. The third kappa shape index (κ3) is 5.53. The quantitative estimate of drug-likeness (QED) is 0.334. The van der Waals surface area contributed by atoms with E-state index in [1.54, 1.807) is 6.92 Å². The predicted molar refractivity (Wildman–Crippen MR) is 107 cm³/mol. The molecule has 0 aliphatic heterocycles. The molecule has 35 heavy (non-hydrogen) atoms. The Labute approximate surface area is 193 Å². The second-order valence-corrected chi connectivity index (χ2v) is 7.17. The Morgan fingerprint density at radius 3 is 2.29 bits per heavy atom. The van der Waals surface area contributed by atoms with Crippen LogP contribution in [0.5, 0.6) is 11.5 Å². The van der Waals surface area contributed by atoms with Crippen LogP contribution in [0, 0.1) is 6.92 Å². The molecule has 2 aromatic carbocycles. The molecular weight excluding hydrogens is 484 g/mol. The van der Waals surface area contributed by atoms with E-state index in [0.29, 0.717) is 17.0 Å². The van der Waals surface area contributed by atoms with Gasteiger partial charge in [0.25, 0.3) is 5.89 Å². The highest BCUT2D eigenvalue weighted by Gasteiger charge is 2.34. The highest BCUT2D eigenvalue weighted by Crippen LogP contribution is 2.37. The molecule has 0 bridgehead atoms. The lowest BCUT2D eigenvalue weighted by Crippen LogP contribution is -2.16. The van der Waals surface area contributed by atoms with Gasteiger partial charge in [-0.05, 0) is 48.9 Å². The summed E-state index contributed by atoms with van der Waals surface area (Å²) in [4.78, 5) is 8.35. The molecule has 2 aromatic heterocycles. The van der Waals surface area contributed by atoms with Crippen molar-refractivity contribution in [3.63, 3.8) is 0 Å². The summed E-state index contributed by atoms with van der Waals surface area (Å²) in [5.41, 5.74) is -0.252. The molecule has 0 spiro atoms. The minimum absolute atomic E-state index is 0.0203. The largest absolute Gasteiger partial charge is 0.573 e. The number of hydrogen-bond acceptors (Lipinski definition) is 7. The van der Waals surface area contributed by atoms with E-state index in [1.807, 2.05) is 0 Å². The molecule has 0 unspecified atom stereocenters. The molecule has 4 rings (SSSR count). The van der Waals surface area contributed by atoms with E-state index in [2.05, 4.69) is 25.0 Å². The van der Waals surface area contributed by atoms with Crippen molar-refractivity contribution in [3.8, 4) is 34.6 Å². The van der Waals surface area contributed by atoms with E-state index in [4.69, 9.17) is 9.26 Å². The van der Waals surface area contributed by atoms with Gasteiger partial charge >= 0.3 is 12.5 Å². The maximum atomic E-state index is 13.3. The molecule has 4 aromatic rings. The molecule has 0 N–H and O–H groups in total. The van der Waals surface area contributed by atoms with Crippen molar-refractivity contribution in [3.05, 3.63) is 59.4 Å². The first-order valence-corrected chi connectivity index (χ1v) is 9.79. The summed E-state index contributed by atoms with van der Waals surface area (Å²) >= 11 is 0. The lowest BCUT2D eigenvalue weighted by atomic mass is 10.1. The van der Waals surface area contributed by atoms with E-state index >= 15 is 0 Å². The van der Waals surface area contributed by atoms with Crippen LogP contribution in [0.1, 0.15) is 17.0 Å². The van der Waals surface area contributed by atoms with Gasteiger partial charge in [-0.3, -0.25) is 0 Å². The Morgan fingerprint density at radius 1 is 0.943 bits per heavy atom. The first-order chi connectivity index (χ1) is 16.4. The van der Waals surface area contributed by atoms with Crippen molar-refractivity contribution < 1.29 is 40.3 Å². The maximum Gasteiger partial charge on any atom is 0.573 e. The molecular formula is C21H15F6N5O3. The van der Waals surface area contributed by atoms with E-state index in [-0.39, 0.29) is 29.8 Å². The molecule has 14 heteroatoms. The van der Waals surface area contributed by atoms with Gasteiger partial charge in [0, 0.05) is 5.56 Å². The van der Waals surface area contributed by atoms with E-state index in [0.717, 1.165) is 25.3 Å². The number of alkyl halides is 6. The average molecular weight is 499 g/mol. The molecule has 8 nitrogen and oxygen atoms in total. The van der Waals surface area contributed by atoms with Crippen molar-refractivity contribution in [1.29, 1.82) is 0 Å². The lowest BCUT2D eigenvalue weighted by Gasteiger charge is -2.13. The fourth-order valence-electron chi connectivity index (χ4n) is 3.15. The number of rotatable bonds is 6. The maximum absolute atomic E-state index is 13.3. The number of aryl methyl sites for hydroxylation is 1. The zero-order valence-electron chi connectivity index (χ0n) is 18.0. The number of aromatic nitrogens is 5. The van der Waals surface area contributed by atoms with Crippen LogP contribution in [0.15, 0.2) is 47.0 Å². The Kier molecular flexibility index (Phi) is 6.13. The van der Waals surface area contributed by atoms with E-state index in [1.165, 1.54) is 28.9 Å². The van der Waals surface area contributed by atoms with Gasteiger partial charge in [-0.2, -0.15) is 18.2 Å². The van der Waals surface area contributed by atoms with Gasteiger partial charge in [0.1, 0.15) is 17.3 Å². The standard InChI is InChI=1S/C21H15F6N5O3/c1-11-28-18(30-32(11)10-12-3-8-16(33-2)15(9-12)20(22,23)24)19-29-17(31-35-19)13-4-6-14(7-5-13)34-21(25,26)27/h3-9H,10H2,1-2H3. The molecule has 0 atom stereocenters.